The van der Waals surface area contributed by atoms with E-state index in [2.05, 4.69) is 5.32 Å². The van der Waals surface area contributed by atoms with Crippen molar-refractivity contribution in [3.8, 4) is 5.75 Å². The van der Waals surface area contributed by atoms with Crippen LogP contribution in [0.5, 0.6) is 5.75 Å². The molecule has 0 aliphatic heterocycles. The molecule has 1 atom stereocenters. The number of halogens is 1. The van der Waals surface area contributed by atoms with E-state index in [0.717, 1.165) is 0 Å². The largest absolute Gasteiger partial charge is 0.495 e. The summed E-state index contributed by atoms with van der Waals surface area (Å²) in [6, 6.07) is 3.65. The van der Waals surface area contributed by atoms with Crippen molar-refractivity contribution < 1.29 is 19.4 Å². The van der Waals surface area contributed by atoms with Gasteiger partial charge in [-0.05, 0) is 24.6 Å². The monoisotopic (exact) mass is 285 g/mol. The minimum absolute atomic E-state index is 0.299. The molecule has 0 aliphatic carbocycles. The van der Waals surface area contributed by atoms with E-state index < -0.39 is 17.9 Å². The van der Waals surface area contributed by atoms with Crippen molar-refractivity contribution in [1.82, 2.24) is 5.32 Å². The van der Waals surface area contributed by atoms with Gasteiger partial charge in [-0.25, -0.2) is 4.79 Å². The van der Waals surface area contributed by atoms with Crippen LogP contribution in [0.4, 0.5) is 0 Å². The Kier molecular flexibility index (Phi) is 5.63. The van der Waals surface area contributed by atoms with Gasteiger partial charge in [0, 0.05) is 5.56 Å². The number of benzene rings is 1. The minimum Gasteiger partial charge on any atom is -0.495 e. The maximum Gasteiger partial charge on any atom is 0.326 e. The SMILES string of the molecule is CCCC(NC(=O)c1ccc(OC)c(Cl)c1)C(=O)O. The molecule has 1 amide bonds. The summed E-state index contributed by atoms with van der Waals surface area (Å²) in [7, 11) is 1.47. The molecule has 1 unspecified atom stereocenters. The van der Waals surface area contributed by atoms with Gasteiger partial charge in [-0.1, -0.05) is 24.9 Å². The highest BCUT2D eigenvalue weighted by atomic mass is 35.5. The third-order valence-electron chi connectivity index (χ3n) is 2.59. The van der Waals surface area contributed by atoms with Gasteiger partial charge < -0.3 is 15.2 Å². The van der Waals surface area contributed by atoms with E-state index in [-0.39, 0.29) is 0 Å². The molecule has 0 saturated heterocycles. The Balaban J connectivity index is 2.82. The van der Waals surface area contributed by atoms with Gasteiger partial charge in [-0.15, -0.1) is 0 Å². The summed E-state index contributed by atoms with van der Waals surface area (Å²) in [6.45, 7) is 1.85. The molecule has 1 aromatic carbocycles. The molecular weight excluding hydrogens is 270 g/mol. The fourth-order valence-electron chi connectivity index (χ4n) is 1.60. The van der Waals surface area contributed by atoms with E-state index in [4.69, 9.17) is 21.4 Å². The molecule has 2 N–H and O–H groups in total. The second-order valence-corrected chi connectivity index (χ2v) is 4.41. The van der Waals surface area contributed by atoms with E-state index in [9.17, 15) is 9.59 Å². The third kappa shape index (κ3) is 4.13. The van der Waals surface area contributed by atoms with Crippen molar-refractivity contribution in [3.05, 3.63) is 28.8 Å². The number of carboxylic acids is 1. The van der Waals surface area contributed by atoms with Crippen LogP contribution in [0, 0.1) is 0 Å². The highest BCUT2D eigenvalue weighted by Crippen LogP contribution is 2.24. The van der Waals surface area contributed by atoms with Gasteiger partial charge in [-0.3, -0.25) is 4.79 Å². The maximum absolute atomic E-state index is 11.9. The molecule has 5 nitrogen and oxygen atoms in total. The average Bonchev–Trinajstić information content (AvgIpc) is 2.37. The molecule has 1 aromatic rings. The Bertz CT molecular complexity index is 476. The number of amides is 1. The molecule has 0 bridgehead atoms. The summed E-state index contributed by atoms with van der Waals surface area (Å²) in [5.74, 6) is -1.05. The van der Waals surface area contributed by atoms with E-state index in [1.807, 2.05) is 6.92 Å². The van der Waals surface area contributed by atoms with Crippen LogP contribution >= 0.6 is 11.6 Å². The van der Waals surface area contributed by atoms with E-state index >= 15 is 0 Å². The summed E-state index contributed by atoms with van der Waals surface area (Å²) in [4.78, 5) is 22.9. The molecule has 0 aromatic heterocycles. The first-order valence-electron chi connectivity index (χ1n) is 5.86. The molecule has 0 fully saturated rings. The fraction of sp³-hybridized carbons (Fsp3) is 0.385. The van der Waals surface area contributed by atoms with Crippen LogP contribution in [0.3, 0.4) is 0 Å². The highest BCUT2D eigenvalue weighted by molar-refractivity contribution is 6.32. The highest BCUT2D eigenvalue weighted by Gasteiger charge is 2.20. The Morgan fingerprint density at radius 2 is 2.16 bits per heavy atom. The molecule has 0 radical (unpaired) electrons. The molecule has 1 rings (SSSR count). The van der Waals surface area contributed by atoms with Crippen LogP contribution in [0.2, 0.25) is 5.02 Å². The number of nitrogens with one attached hydrogen (secondary N) is 1. The average molecular weight is 286 g/mol. The molecule has 0 saturated carbocycles. The van der Waals surface area contributed by atoms with Gasteiger partial charge in [0.2, 0.25) is 0 Å². The number of hydrogen-bond acceptors (Lipinski definition) is 3. The van der Waals surface area contributed by atoms with Crippen molar-refractivity contribution in [3.63, 3.8) is 0 Å². The van der Waals surface area contributed by atoms with Gasteiger partial charge in [0.15, 0.2) is 0 Å². The molecule has 6 heteroatoms. The first-order chi connectivity index (χ1) is 8.99. The topological polar surface area (TPSA) is 75.6 Å². The van der Waals surface area contributed by atoms with Crippen molar-refractivity contribution in [1.29, 1.82) is 0 Å². The van der Waals surface area contributed by atoms with Crippen LogP contribution in [-0.2, 0) is 4.79 Å². The summed E-state index contributed by atoms with van der Waals surface area (Å²) in [5.41, 5.74) is 0.299. The lowest BCUT2D eigenvalue weighted by molar-refractivity contribution is -0.139. The lowest BCUT2D eigenvalue weighted by Crippen LogP contribution is -2.40. The van der Waals surface area contributed by atoms with Gasteiger partial charge >= 0.3 is 5.97 Å². The van der Waals surface area contributed by atoms with E-state index in [1.165, 1.54) is 19.2 Å². The van der Waals surface area contributed by atoms with Crippen LogP contribution < -0.4 is 10.1 Å². The lowest BCUT2D eigenvalue weighted by atomic mass is 10.1. The van der Waals surface area contributed by atoms with Crippen LogP contribution in [-0.4, -0.2) is 30.1 Å². The molecule has 0 spiro atoms. The number of carbonyl (C=O) groups excluding carboxylic acids is 1. The smallest absolute Gasteiger partial charge is 0.326 e. The summed E-state index contributed by atoms with van der Waals surface area (Å²) < 4.78 is 4.98. The minimum atomic E-state index is -1.05. The summed E-state index contributed by atoms with van der Waals surface area (Å²) in [5, 5.41) is 11.7. The number of carbonyl (C=O) groups is 2. The van der Waals surface area contributed by atoms with Crippen molar-refractivity contribution in [2.24, 2.45) is 0 Å². The van der Waals surface area contributed by atoms with Crippen LogP contribution in [0.1, 0.15) is 30.1 Å². The third-order valence-corrected chi connectivity index (χ3v) is 2.89. The number of methoxy groups -OCH3 is 1. The zero-order chi connectivity index (χ0) is 14.4. The Hall–Kier alpha value is -1.75. The van der Waals surface area contributed by atoms with Crippen LogP contribution in [0.25, 0.3) is 0 Å². The first-order valence-corrected chi connectivity index (χ1v) is 6.24. The normalized spacial score (nSPS) is 11.7. The van der Waals surface area contributed by atoms with Crippen molar-refractivity contribution in [2.75, 3.05) is 7.11 Å². The number of rotatable bonds is 6. The number of carboxylic acid groups (broad SMARTS) is 1. The van der Waals surface area contributed by atoms with Crippen LogP contribution in [0.15, 0.2) is 18.2 Å². The predicted octanol–water partition coefficient (Wildman–Crippen LogP) is 2.33. The summed E-state index contributed by atoms with van der Waals surface area (Å²) >= 11 is 5.91. The van der Waals surface area contributed by atoms with Crippen molar-refractivity contribution in [2.45, 2.75) is 25.8 Å². The van der Waals surface area contributed by atoms with Gasteiger partial charge in [0.1, 0.15) is 11.8 Å². The van der Waals surface area contributed by atoms with E-state index in [0.29, 0.717) is 29.2 Å². The molecule has 19 heavy (non-hydrogen) atoms. The molecule has 0 heterocycles. The maximum atomic E-state index is 11.9. The molecule has 0 aliphatic rings. The fourth-order valence-corrected chi connectivity index (χ4v) is 1.85. The Morgan fingerprint density at radius 3 is 2.63 bits per heavy atom. The molecular formula is C13H16ClNO4. The lowest BCUT2D eigenvalue weighted by Gasteiger charge is -2.14. The number of ether oxygens (including phenoxy) is 1. The zero-order valence-corrected chi connectivity index (χ0v) is 11.5. The second kappa shape index (κ2) is 6.99. The second-order valence-electron chi connectivity index (χ2n) is 4.00. The Labute approximate surface area is 116 Å². The standard InChI is InChI=1S/C13H16ClNO4/c1-3-4-10(13(17)18)15-12(16)8-5-6-11(19-2)9(14)7-8/h5-7,10H,3-4H2,1-2H3,(H,15,16)(H,17,18). The zero-order valence-electron chi connectivity index (χ0n) is 10.8. The van der Waals surface area contributed by atoms with Gasteiger partial charge in [-0.2, -0.15) is 0 Å². The first kappa shape index (κ1) is 15.3. The quantitative estimate of drug-likeness (QED) is 0.841. The Morgan fingerprint density at radius 1 is 1.47 bits per heavy atom. The summed E-state index contributed by atoms with van der Waals surface area (Å²) in [6.07, 6.45) is 1.05. The van der Waals surface area contributed by atoms with E-state index in [1.54, 1.807) is 6.07 Å². The van der Waals surface area contributed by atoms with Crippen molar-refractivity contribution >= 4 is 23.5 Å². The molecule has 104 valence electrons. The number of hydrogen-bond donors (Lipinski definition) is 2. The van der Waals surface area contributed by atoms with Gasteiger partial charge in [0.05, 0.1) is 12.1 Å². The number of aliphatic carboxylic acids is 1. The predicted molar refractivity (Wildman–Crippen MR) is 71.8 cm³/mol. The van der Waals surface area contributed by atoms with Gasteiger partial charge in [0.25, 0.3) is 5.91 Å².